The fraction of sp³-hybridized carbons (Fsp3) is 0.407. The molecule has 3 aromatic rings. The quantitative estimate of drug-likeness (QED) is 0.178. The third-order valence-corrected chi connectivity index (χ3v) is 13.3. The lowest BCUT2D eigenvalue weighted by Crippen LogP contribution is -2.43. The van der Waals surface area contributed by atoms with Crippen molar-refractivity contribution in [2.45, 2.75) is 64.5 Å². The molecule has 0 spiro atoms. The Labute approximate surface area is 220 Å². The van der Waals surface area contributed by atoms with Crippen LogP contribution in [0.15, 0.2) is 36.4 Å². The summed E-state index contributed by atoms with van der Waals surface area (Å²) in [6.07, 6.45) is -4.88. The number of rotatable bonds is 6. The van der Waals surface area contributed by atoms with Crippen LogP contribution in [0.4, 0.5) is 13.2 Å². The van der Waals surface area contributed by atoms with Crippen LogP contribution in [0.2, 0.25) is 21.6 Å². The van der Waals surface area contributed by atoms with Gasteiger partial charge in [-0.25, -0.2) is 9.78 Å². The van der Waals surface area contributed by atoms with E-state index in [9.17, 15) is 18.0 Å². The smallest absolute Gasteiger partial charge is 0.465 e. The summed E-state index contributed by atoms with van der Waals surface area (Å²) in [4.78, 5) is 16.9. The highest BCUT2D eigenvalue weighted by Crippen LogP contribution is 2.41. The van der Waals surface area contributed by atoms with Crippen molar-refractivity contribution in [1.29, 1.82) is 0 Å². The highest BCUT2D eigenvalue weighted by molar-refractivity contribution is 6.90. The number of halogens is 4. The van der Waals surface area contributed by atoms with Crippen molar-refractivity contribution >= 4 is 36.7 Å². The van der Waals surface area contributed by atoms with Gasteiger partial charge in [0.2, 0.25) is 0 Å². The topological polar surface area (TPSA) is 53.3 Å². The molecule has 10 heteroatoms. The van der Waals surface area contributed by atoms with E-state index in [2.05, 4.69) is 57.7 Å². The molecule has 0 atom stereocenters. The molecule has 0 saturated carbocycles. The lowest BCUT2D eigenvalue weighted by Gasteiger charge is -2.38. The van der Waals surface area contributed by atoms with Crippen LogP contribution in [-0.4, -0.2) is 37.1 Å². The number of carbonyl (C=O) groups is 1. The van der Waals surface area contributed by atoms with Crippen LogP contribution in [0.25, 0.3) is 16.7 Å². The van der Waals surface area contributed by atoms with Crippen molar-refractivity contribution in [1.82, 2.24) is 9.55 Å². The molecular formula is C27H30ClF3N2O3Si. The molecule has 0 aliphatic carbocycles. The van der Waals surface area contributed by atoms with Crippen molar-refractivity contribution in [3.05, 3.63) is 52.8 Å². The molecule has 1 aromatic heterocycles. The van der Waals surface area contributed by atoms with E-state index < -0.39 is 26.2 Å². The number of aromatic nitrogens is 2. The van der Waals surface area contributed by atoms with E-state index in [-0.39, 0.29) is 5.02 Å². The summed E-state index contributed by atoms with van der Waals surface area (Å²) in [5.41, 5.74) is 6.63. The van der Waals surface area contributed by atoms with E-state index in [1.54, 1.807) is 22.8 Å². The summed E-state index contributed by atoms with van der Waals surface area (Å²) >= 11 is 6.17. The molecule has 0 radical (unpaired) electrons. The van der Waals surface area contributed by atoms with Crippen LogP contribution in [0.1, 0.15) is 57.7 Å². The monoisotopic (exact) mass is 550 g/mol. The Bertz CT molecular complexity index is 1350. The molecule has 0 saturated heterocycles. The molecule has 0 amide bonds. The third kappa shape index (κ3) is 5.81. The molecule has 0 aliphatic rings. The molecule has 1 heterocycles. The fourth-order valence-corrected chi connectivity index (χ4v) is 10.5. The maximum atomic E-state index is 12.8. The van der Waals surface area contributed by atoms with Gasteiger partial charge in [0, 0.05) is 0 Å². The molecular weight excluding hydrogens is 521 g/mol. The van der Waals surface area contributed by atoms with E-state index >= 15 is 0 Å². The molecule has 0 unspecified atom stereocenters. The van der Waals surface area contributed by atoms with Gasteiger partial charge in [0.25, 0.3) is 0 Å². The van der Waals surface area contributed by atoms with Crippen LogP contribution in [0, 0.1) is 11.5 Å². The van der Waals surface area contributed by atoms with Crippen LogP contribution in [0.3, 0.4) is 0 Å². The number of benzene rings is 2. The number of imidazole rings is 1. The zero-order valence-electron chi connectivity index (χ0n) is 21.8. The number of hydrogen-bond donors (Lipinski definition) is 0. The first-order valence-corrected chi connectivity index (χ1v) is 14.5. The highest BCUT2D eigenvalue weighted by Gasteiger charge is 2.42. The summed E-state index contributed by atoms with van der Waals surface area (Å²) in [6, 6.07) is 8.86. The lowest BCUT2D eigenvalue weighted by molar-refractivity contribution is -0.274. The molecule has 3 rings (SSSR count). The molecule has 0 fully saturated rings. The zero-order chi connectivity index (χ0) is 27.7. The minimum absolute atomic E-state index is 0.227. The molecule has 198 valence electrons. The molecule has 0 bridgehead atoms. The predicted octanol–water partition coefficient (Wildman–Crippen LogP) is 7.93. The number of esters is 1. The Morgan fingerprint density at radius 2 is 1.65 bits per heavy atom. The Kier molecular flexibility index (Phi) is 8.35. The first-order valence-electron chi connectivity index (χ1n) is 11.9. The number of methoxy groups -OCH3 is 1. The van der Waals surface area contributed by atoms with E-state index in [0.717, 1.165) is 6.07 Å². The SMILES string of the molecule is COC(=O)c1ccc2nc(C#C[Si](C(C)C)(C(C)C)C(C)C)n(-c3ccc(OC(F)(F)F)c(Cl)c3)c2c1. The summed E-state index contributed by atoms with van der Waals surface area (Å²) in [7, 11) is -0.838. The van der Waals surface area contributed by atoms with Crippen molar-refractivity contribution in [3.8, 4) is 22.9 Å². The summed E-state index contributed by atoms with van der Waals surface area (Å²) in [5, 5.41) is -0.227. The Morgan fingerprint density at radius 3 is 2.16 bits per heavy atom. The van der Waals surface area contributed by atoms with Gasteiger partial charge in [-0.1, -0.05) is 53.1 Å². The average Bonchev–Trinajstić information content (AvgIpc) is 3.16. The fourth-order valence-electron chi connectivity index (χ4n) is 5.10. The van der Waals surface area contributed by atoms with Crippen LogP contribution in [0.5, 0.6) is 5.75 Å². The Balaban J connectivity index is 2.30. The second-order valence-corrected chi connectivity index (χ2v) is 15.8. The normalized spacial score (nSPS) is 12.3. The van der Waals surface area contributed by atoms with E-state index in [0.29, 0.717) is 44.7 Å². The van der Waals surface area contributed by atoms with Crippen molar-refractivity contribution < 1.29 is 27.4 Å². The third-order valence-electron chi connectivity index (χ3n) is 6.73. The van der Waals surface area contributed by atoms with Gasteiger partial charge in [-0.15, -0.1) is 18.7 Å². The maximum absolute atomic E-state index is 12.8. The van der Waals surface area contributed by atoms with Crippen LogP contribution in [-0.2, 0) is 4.74 Å². The average molecular weight is 551 g/mol. The molecule has 5 nitrogen and oxygen atoms in total. The van der Waals surface area contributed by atoms with Gasteiger partial charge in [-0.3, -0.25) is 4.57 Å². The zero-order valence-corrected chi connectivity index (χ0v) is 23.6. The van der Waals surface area contributed by atoms with Crippen molar-refractivity contribution in [2.24, 2.45) is 0 Å². The van der Waals surface area contributed by atoms with Crippen LogP contribution >= 0.6 is 11.6 Å². The lowest BCUT2D eigenvalue weighted by atomic mass is 10.2. The first kappa shape index (κ1) is 28.6. The molecule has 2 aromatic carbocycles. The minimum atomic E-state index is -4.88. The largest absolute Gasteiger partial charge is 0.573 e. The predicted molar refractivity (Wildman–Crippen MR) is 142 cm³/mol. The number of ether oxygens (including phenoxy) is 2. The van der Waals surface area contributed by atoms with E-state index in [4.69, 9.17) is 21.3 Å². The summed E-state index contributed by atoms with van der Waals surface area (Å²) in [5.74, 6) is 2.67. The maximum Gasteiger partial charge on any atom is 0.573 e. The summed E-state index contributed by atoms with van der Waals surface area (Å²) in [6.45, 7) is 13.2. The van der Waals surface area contributed by atoms with Crippen molar-refractivity contribution in [3.63, 3.8) is 0 Å². The molecule has 0 aliphatic heterocycles. The molecule has 0 N–H and O–H groups in total. The minimum Gasteiger partial charge on any atom is -0.465 e. The van der Waals surface area contributed by atoms with Gasteiger partial charge in [0.1, 0.15) is 13.8 Å². The Hall–Kier alpha value is -2.96. The van der Waals surface area contributed by atoms with Gasteiger partial charge in [-0.2, -0.15) is 0 Å². The second kappa shape index (κ2) is 10.8. The standard InChI is InChI=1S/C27H30ClF3N2O3Si/c1-16(2)37(17(3)4,18(5)6)13-12-25-32-22-10-8-19(26(34)35-7)14-23(22)33(25)20-9-11-24(21(28)15-20)36-27(29,30)31/h8-11,14-18H,1-7H3. The van der Waals surface area contributed by atoms with Gasteiger partial charge in [-0.05, 0) is 58.9 Å². The number of nitrogens with zero attached hydrogens (tertiary/aromatic N) is 2. The second-order valence-electron chi connectivity index (χ2n) is 9.78. The molecule has 37 heavy (non-hydrogen) atoms. The summed E-state index contributed by atoms with van der Waals surface area (Å²) < 4.78 is 48.9. The van der Waals surface area contributed by atoms with Gasteiger partial charge >= 0.3 is 12.3 Å². The van der Waals surface area contributed by atoms with Gasteiger partial charge < -0.3 is 9.47 Å². The first-order chi connectivity index (χ1) is 17.2. The number of alkyl halides is 3. The van der Waals surface area contributed by atoms with E-state index in [1.807, 2.05) is 0 Å². The van der Waals surface area contributed by atoms with Crippen molar-refractivity contribution in [2.75, 3.05) is 7.11 Å². The van der Waals surface area contributed by atoms with E-state index in [1.165, 1.54) is 19.2 Å². The highest BCUT2D eigenvalue weighted by atomic mass is 35.5. The number of hydrogen-bond acceptors (Lipinski definition) is 4. The number of fused-ring (bicyclic) bond motifs is 1. The van der Waals surface area contributed by atoms with Crippen LogP contribution < -0.4 is 4.74 Å². The van der Waals surface area contributed by atoms with Gasteiger partial charge in [0.05, 0.1) is 34.4 Å². The van der Waals surface area contributed by atoms with Gasteiger partial charge in [0.15, 0.2) is 5.82 Å². The number of carbonyl (C=O) groups excluding carboxylic acids is 1. The Morgan fingerprint density at radius 1 is 1.03 bits per heavy atom.